The van der Waals surface area contributed by atoms with Gasteiger partial charge in [0.1, 0.15) is 23.0 Å². The first-order valence-electron chi connectivity index (χ1n) is 4.01. The van der Waals surface area contributed by atoms with E-state index in [0.717, 1.165) is 11.3 Å². The minimum Gasteiger partial charge on any atom is -0.467 e. The molecule has 0 aliphatic heterocycles. The van der Waals surface area contributed by atoms with Crippen molar-refractivity contribution in [3.05, 3.63) is 18.2 Å². The summed E-state index contributed by atoms with van der Waals surface area (Å²) >= 11 is 5.20. The molecule has 0 N–H and O–H groups in total. The highest BCUT2D eigenvalue weighted by Gasteiger charge is 2.06. The Kier molecular flexibility index (Phi) is 2.29. The lowest BCUT2D eigenvalue weighted by Gasteiger charge is -2.12. The largest absolute Gasteiger partial charge is 0.467 e. The first kappa shape index (κ1) is 9.62. The molecule has 0 fully saturated rings. The van der Waals surface area contributed by atoms with Crippen LogP contribution in [0.4, 0.5) is 0 Å². The number of rotatable bonds is 2. The van der Waals surface area contributed by atoms with Gasteiger partial charge in [-0.05, 0) is 35.8 Å². The van der Waals surface area contributed by atoms with Crippen LogP contribution in [0.25, 0.3) is 11.0 Å². The molecule has 1 aromatic carbocycles. The van der Waals surface area contributed by atoms with Gasteiger partial charge in [0.15, 0.2) is 0 Å². The van der Waals surface area contributed by atoms with Gasteiger partial charge in [0.2, 0.25) is 0 Å². The third-order valence-electron chi connectivity index (χ3n) is 1.55. The Labute approximate surface area is 86.3 Å². The topological polar surface area (TPSA) is 48.2 Å². The van der Waals surface area contributed by atoms with E-state index >= 15 is 0 Å². The van der Waals surface area contributed by atoms with Crippen LogP contribution in [0.2, 0.25) is 0 Å². The third kappa shape index (κ3) is 2.11. The molecule has 0 aliphatic carbocycles. The van der Waals surface area contributed by atoms with E-state index in [1.807, 2.05) is 19.4 Å². The fraction of sp³-hybridized carbons (Fsp3) is 0.250. The summed E-state index contributed by atoms with van der Waals surface area (Å²) in [6, 6.07) is 5.40. The molecule has 1 heterocycles. The van der Waals surface area contributed by atoms with E-state index in [1.54, 1.807) is 12.1 Å². The first-order chi connectivity index (χ1) is 6.54. The summed E-state index contributed by atoms with van der Waals surface area (Å²) in [5.74, 6) is 0.724. The van der Waals surface area contributed by atoms with Crippen LogP contribution in [-0.2, 0) is 11.8 Å². The molecule has 6 heteroatoms. The number of hydrogen-bond donors (Lipinski definition) is 0. The monoisotopic (exact) mass is 228 g/mol. The van der Waals surface area contributed by atoms with Gasteiger partial charge in [-0.15, -0.1) is 0 Å². The summed E-state index contributed by atoms with van der Waals surface area (Å²) < 4.78 is 10.2. The Morgan fingerprint density at radius 1 is 1.29 bits per heavy atom. The van der Waals surface area contributed by atoms with Crippen LogP contribution in [0.15, 0.2) is 22.8 Å². The molecule has 74 valence electrons. The van der Waals surface area contributed by atoms with E-state index in [2.05, 4.69) is 14.9 Å². The second-order valence-corrected chi connectivity index (χ2v) is 8.58. The second-order valence-electron chi connectivity index (χ2n) is 3.26. The predicted octanol–water partition coefficient (Wildman–Crippen LogP) is 2.26. The van der Waals surface area contributed by atoms with Gasteiger partial charge in [-0.3, -0.25) is 0 Å². The maximum Gasteiger partial charge on any atom is 0.138 e. The highest BCUT2D eigenvalue weighted by molar-refractivity contribution is 8.11. The lowest BCUT2D eigenvalue weighted by Crippen LogP contribution is -1.87. The smallest absolute Gasteiger partial charge is 0.138 e. The first-order valence-corrected chi connectivity index (χ1v) is 7.63. The second kappa shape index (κ2) is 3.33. The lowest BCUT2D eigenvalue weighted by atomic mass is 10.3. The number of nitrogens with zero attached hydrogens (tertiary/aromatic N) is 2. The zero-order valence-electron chi connectivity index (χ0n) is 7.80. The fourth-order valence-electron chi connectivity index (χ4n) is 1.07. The number of hydrogen-bond acceptors (Lipinski definition) is 5. The Balaban J connectivity index is 2.39. The van der Waals surface area contributed by atoms with E-state index in [4.69, 9.17) is 16.3 Å². The van der Waals surface area contributed by atoms with E-state index in [9.17, 15) is 0 Å². The van der Waals surface area contributed by atoms with Gasteiger partial charge in [0.05, 0.1) is 0 Å². The zero-order valence-corrected chi connectivity index (χ0v) is 9.51. The minimum absolute atomic E-state index is 0.686. The van der Waals surface area contributed by atoms with Crippen LogP contribution < -0.4 is 4.52 Å². The molecule has 0 spiro atoms. The molecule has 0 radical (unpaired) electrons. The van der Waals surface area contributed by atoms with E-state index in [1.165, 1.54) is 0 Å². The molecule has 0 bridgehead atoms. The number of fused-ring (bicyclic) bond motifs is 1. The summed E-state index contributed by atoms with van der Waals surface area (Å²) in [7, 11) is 0. The lowest BCUT2D eigenvalue weighted by molar-refractivity contribution is 0.315. The van der Waals surface area contributed by atoms with E-state index < -0.39 is 6.26 Å². The molecule has 0 unspecified atom stereocenters. The Hall–Kier alpha value is -0.930. The van der Waals surface area contributed by atoms with Crippen LogP contribution in [0.1, 0.15) is 0 Å². The van der Waals surface area contributed by atoms with Gasteiger partial charge < -0.3 is 4.52 Å². The van der Waals surface area contributed by atoms with Crippen molar-refractivity contribution in [3.63, 3.8) is 0 Å². The van der Waals surface area contributed by atoms with Crippen molar-refractivity contribution in [2.24, 2.45) is 0 Å². The molecule has 2 rings (SSSR count). The van der Waals surface area contributed by atoms with Crippen LogP contribution in [0.3, 0.4) is 0 Å². The summed E-state index contributed by atoms with van der Waals surface area (Å²) in [6.45, 7) is 3.85. The van der Waals surface area contributed by atoms with Crippen molar-refractivity contribution >= 4 is 29.1 Å². The number of benzene rings is 1. The van der Waals surface area contributed by atoms with Gasteiger partial charge in [-0.2, -0.15) is 0 Å². The van der Waals surface area contributed by atoms with Gasteiger partial charge in [0, 0.05) is 6.07 Å². The molecule has 4 nitrogen and oxygen atoms in total. The molecule has 14 heavy (non-hydrogen) atoms. The van der Waals surface area contributed by atoms with Crippen LogP contribution in [0.5, 0.6) is 5.75 Å². The summed E-state index contributed by atoms with van der Waals surface area (Å²) in [5, 5.41) is 7.42. The normalized spacial score (nSPS) is 11.9. The Bertz CT molecular complexity index is 505. The molecule has 2 aromatic rings. The molecular weight excluding hydrogens is 219 g/mol. The van der Waals surface area contributed by atoms with Crippen LogP contribution in [0, 0.1) is 0 Å². The third-order valence-corrected chi connectivity index (χ3v) is 2.42. The minimum atomic E-state index is -1.69. The molecule has 0 atom stereocenters. The van der Waals surface area contributed by atoms with Crippen molar-refractivity contribution in [2.45, 2.75) is 0 Å². The molecular formula is C8H9N2O2PS. The average Bonchev–Trinajstić information content (AvgIpc) is 2.47. The maximum atomic E-state index is 5.60. The van der Waals surface area contributed by atoms with Crippen molar-refractivity contribution in [1.82, 2.24) is 10.3 Å². The van der Waals surface area contributed by atoms with Crippen molar-refractivity contribution in [1.29, 1.82) is 0 Å². The van der Waals surface area contributed by atoms with Crippen LogP contribution in [-0.4, -0.2) is 23.6 Å². The van der Waals surface area contributed by atoms with Crippen molar-refractivity contribution < 1.29 is 9.15 Å². The van der Waals surface area contributed by atoms with Crippen LogP contribution >= 0.6 is 6.26 Å². The standard InChI is InChI=1S/C8H9N2O2PS/c1-13(2,14)11-6-3-4-7-8(5-6)10-12-9-7/h3-5H,1-2H3. The number of aromatic nitrogens is 2. The highest BCUT2D eigenvalue weighted by Crippen LogP contribution is 2.39. The average molecular weight is 228 g/mol. The Morgan fingerprint density at radius 3 is 2.71 bits per heavy atom. The SMILES string of the molecule is CP(C)(=S)Oc1ccc2nonc2c1. The molecule has 0 saturated heterocycles. The van der Waals surface area contributed by atoms with E-state index in [-0.39, 0.29) is 0 Å². The highest BCUT2D eigenvalue weighted by atomic mass is 32.4. The fourth-order valence-corrected chi connectivity index (χ4v) is 1.95. The van der Waals surface area contributed by atoms with E-state index in [0.29, 0.717) is 5.52 Å². The Morgan fingerprint density at radius 2 is 2.00 bits per heavy atom. The summed E-state index contributed by atoms with van der Waals surface area (Å²) in [5.41, 5.74) is 1.41. The maximum absolute atomic E-state index is 5.60. The van der Waals surface area contributed by atoms with Gasteiger partial charge in [-0.25, -0.2) is 4.63 Å². The summed E-state index contributed by atoms with van der Waals surface area (Å²) in [4.78, 5) is 0. The molecule has 0 amide bonds. The molecule has 0 saturated carbocycles. The zero-order chi connectivity index (χ0) is 10.2. The van der Waals surface area contributed by atoms with Gasteiger partial charge in [-0.1, -0.05) is 11.8 Å². The molecule has 1 aromatic heterocycles. The van der Waals surface area contributed by atoms with Gasteiger partial charge in [0.25, 0.3) is 0 Å². The van der Waals surface area contributed by atoms with Crippen molar-refractivity contribution in [3.8, 4) is 5.75 Å². The van der Waals surface area contributed by atoms with Crippen molar-refractivity contribution in [2.75, 3.05) is 13.3 Å². The molecule has 0 aliphatic rings. The quantitative estimate of drug-likeness (QED) is 0.738. The van der Waals surface area contributed by atoms with Gasteiger partial charge >= 0.3 is 0 Å². The predicted molar refractivity (Wildman–Crippen MR) is 58.6 cm³/mol. The summed E-state index contributed by atoms with van der Waals surface area (Å²) in [6.07, 6.45) is -1.69.